The summed E-state index contributed by atoms with van der Waals surface area (Å²) in [6.07, 6.45) is 5.40. The molecule has 2 aromatic heterocycles. The molecule has 1 amide bonds. The Kier molecular flexibility index (Phi) is 6.17. The van der Waals surface area contributed by atoms with Crippen molar-refractivity contribution < 1.29 is 14.3 Å². The van der Waals surface area contributed by atoms with Crippen LogP contribution in [0.25, 0.3) is 11.0 Å². The highest BCUT2D eigenvalue weighted by atomic mass is 16.5. The Morgan fingerprint density at radius 1 is 1.21 bits per heavy atom. The number of fused-ring (bicyclic) bond motifs is 2. The molecule has 1 fully saturated rings. The molecule has 1 aromatic carbocycles. The maximum absolute atomic E-state index is 13.1. The minimum atomic E-state index is -0.128. The number of nitrogens with one attached hydrogen (secondary N) is 2. The molecule has 0 saturated carbocycles. The maximum Gasteiger partial charge on any atom is 0.255 e. The van der Waals surface area contributed by atoms with E-state index >= 15 is 0 Å². The van der Waals surface area contributed by atoms with E-state index in [1.165, 1.54) is 0 Å². The van der Waals surface area contributed by atoms with Crippen LogP contribution < -0.4 is 15.4 Å². The first-order valence-electron chi connectivity index (χ1n) is 11.9. The van der Waals surface area contributed by atoms with Gasteiger partial charge in [-0.2, -0.15) is 5.10 Å². The van der Waals surface area contributed by atoms with E-state index in [2.05, 4.69) is 29.6 Å². The van der Waals surface area contributed by atoms with Gasteiger partial charge in [0, 0.05) is 50.0 Å². The molecule has 5 rings (SSSR count). The molecule has 3 aromatic rings. The molecule has 0 aliphatic carbocycles. The van der Waals surface area contributed by atoms with E-state index in [4.69, 9.17) is 14.5 Å². The summed E-state index contributed by atoms with van der Waals surface area (Å²) in [6, 6.07) is 6.09. The lowest BCUT2D eigenvalue weighted by atomic mass is 10.0. The number of para-hydroxylation sites is 1. The molecule has 2 aliphatic rings. The fourth-order valence-corrected chi connectivity index (χ4v) is 4.76. The molecule has 0 bridgehead atoms. The van der Waals surface area contributed by atoms with E-state index in [1.54, 1.807) is 0 Å². The third-order valence-electron chi connectivity index (χ3n) is 6.56. The molecule has 8 heteroatoms. The van der Waals surface area contributed by atoms with Gasteiger partial charge in [0.05, 0.1) is 29.4 Å². The number of pyridine rings is 1. The predicted molar refractivity (Wildman–Crippen MR) is 127 cm³/mol. The number of hydrogen-bond acceptors (Lipinski definition) is 6. The summed E-state index contributed by atoms with van der Waals surface area (Å²) in [5, 5.41) is 12.4. The van der Waals surface area contributed by atoms with E-state index < -0.39 is 0 Å². The highest BCUT2D eigenvalue weighted by molar-refractivity contribution is 5.98. The van der Waals surface area contributed by atoms with Crippen LogP contribution in [0.4, 0.5) is 5.69 Å². The van der Waals surface area contributed by atoms with Gasteiger partial charge >= 0.3 is 0 Å². The Labute approximate surface area is 193 Å². The minimum Gasteiger partial charge on any atom is -0.492 e. The van der Waals surface area contributed by atoms with Crippen molar-refractivity contribution in [3.63, 3.8) is 0 Å². The van der Waals surface area contributed by atoms with Gasteiger partial charge in [-0.1, -0.05) is 19.1 Å². The van der Waals surface area contributed by atoms with E-state index in [-0.39, 0.29) is 5.91 Å². The molecule has 0 unspecified atom stereocenters. The topological polar surface area (TPSA) is 90.3 Å². The van der Waals surface area contributed by atoms with Crippen LogP contribution in [0.1, 0.15) is 53.9 Å². The van der Waals surface area contributed by atoms with Crippen molar-refractivity contribution in [1.82, 2.24) is 20.1 Å². The van der Waals surface area contributed by atoms with Gasteiger partial charge in [0.25, 0.3) is 5.91 Å². The van der Waals surface area contributed by atoms with E-state index in [9.17, 15) is 4.79 Å². The van der Waals surface area contributed by atoms with Crippen LogP contribution >= 0.6 is 0 Å². The summed E-state index contributed by atoms with van der Waals surface area (Å²) in [4.78, 5) is 18.1. The van der Waals surface area contributed by atoms with Crippen LogP contribution in [0.5, 0.6) is 5.75 Å². The third kappa shape index (κ3) is 4.15. The first kappa shape index (κ1) is 21.7. The molecule has 1 saturated heterocycles. The van der Waals surface area contributed by atoms with E-state index in [0.29, 0.717) is 30.5 Å². The van der Waals surface area contributed by atoms with Gasteiger partial charge in [-0.15, -0.1) is 0 Å². The summed E-state index contributed by atoms with van der Waals surface area (Å²) in [6.45, 7) is 7.45. The summed E-state index contributed by atoms with van der Waals surface area (Å²) >= 11 is 0. The van der Waals surface area contributed by atoms with Gasteiger partial charge in [-0.25, -0.2) is 9.67 Å². The Morgan fingerprint density at radius 2 is 2.06 bits per heavy atom. The van der Waals surface area contributed by atoms with Gasteiger partial charge in [-0.3, -0.25) is 4.79 Å². The molecule has 174 valence electrons. The molecular formula is C25H31N5O3. The van der Waals surface area contributed by atoms with Crippen molar-refractivity contribution in [3.8, 4) is 5.75 Å². The second kappa shape index (κ2) is 9.39. The molecule has 0 spiro atoms. The molecule has 0 radical (unpaired) electrons. The fraction of sp³-hybridized carbons (Fsp3) is 0.480. The largest absolute Gasteiger partial charge is 0.492 e. The lowest BCUT2D eigenvalue weighted by Crippen LogP contribution is -2.30. The van der Waals surface area contributed by atoms with E-state index in [1.807, 2.05) is 29.1 Å². The predicted octanol–water partition coefficient (Wildman–Crippen LogP) is 3.47. The lowest BCUT2D eigenvalue weighted by molar-refractivity contribution is 0.0904. The number of ether oxygens (including phenoxy) is 2. The number of carbonyl (C=O) groups excluding carboxylic acids is 1. The highest BCUT2D eigenvalue weighted by Crippen LogP contribution is 2.32. The number of anilines is 1. The number of benzene rings is 1. The van der Waals surface area contributed by atoms with Crippen molar-refractivity contribution in [2.45, 2.75) is 58.7 Å². The van der Waals surface area contributed by atoms with Crippen LogP contribution in [0.2, 0.25) is 0 Å². The van der Waals surface area contributed by atoms with Crippen molar-refractivity contribution in [2.24, 2.45) is 0 Å². The van der Waals surface area contributed by atoms with Crippen molar-refractivity contribution in [1.29, 1.82) is 0 Å². The first-order chi connectivity index (χ1) is 16.2. The quantitative estimate of drug-likeness (QED) is 0.574. The SMILES string of the molecule is CCc1nc2c(cnn2CC)c(NC2CCOCC2)c1CNC(=O)c1cccc2c1OCC2. The zero-order chi connectivity index (χ0) is 22.8. The normalized spacial score (nSPS) is 15.9. The molecular weight excluding hydrogens is 418 g/mol. The van der Waals surface area contributed by atoms with Gasteiger partial charge in [-0.05, 0) is 37.8 Å². The Hall–Kier alpha value is -3.13. The average Bonchev–Trinajstić information content (AvgIpc) is 3.50. The minimum absolute atomic E-state index is 0.128. The van der Waals surface area contributed by atoms with Crippen LogP contribution in [-0.4, -0.2) is 46.5 Å². The van der Waals surface area contributed by atoms with Crippen LogP contribution in [0, 0.1) is 0 Å². The van der Waals surface area contributed by atoms with Gasteiger partial charge < -0.3 is 20.1 Å². The maximum atomic E-state index is 13.1. The van der Waals surface area contributed by atoms with Crippen molar-refractivity contribution >= 4 is 22.6 Å². The monoisotopic (exact) mass is 449 g/mol. The third-order valence-corrected chi connectivity index (χ3v) is 6.56. The van der Waals surface area contributed by atoms with Crippen LogP contribution in [-0.2, 0) is 30.7 Å². The number of aromatic nitrogens is 3. The number of amides is 1. The summed E-state index contributed by atoms with van der Waals surface area (Å²) in [7, 11) is 0. The smallest absolute Gasteiger partial charge is 0.255 e. The number of nitrogens with zero attached hydrogens (tertiary/aromatic N) is 3. The van der Waals surface area contributed by atoms with Crippen LogP contribution in [0.15, 0.2) is 24.4 Å². The Balaban J connectivity index is 1.49. The van der Waals surface area contributed by atoms with Gasteiger partial charge in [0.1, 0.15) is 5.75 Å². The summed E-state index contributed by atoms with van der Waals surface area (Å²) < 4.78 is 13.2. The Morgan fingerprint density at radius 3 is 2.85 bits per heavy atom. The van der Waals surface area contributed by atoms with Crippen molar-refractivity contribution in [3.05, 3.63) is 46.8 Å². The number of aryl methyl sites for hydroxylation is 2. The van der Waals surface area contributed by atoms with Crippen LogP contribution in [0.3, 0.4) is 0 Å². The molecule has 2 aliphatic heterocycles. The zero-order valence-electron chi connectivity index (χ0n) is 19.3. The zero-order valence-corrected chi connectivity index (χ0v) is 19.3. The highest BCUT2D eigenvalue weighted by Gasteiger charge is 2.24. The van der Waals surface area contributed by atoms with Crippen molar-refractivity contribution in [2.75, 3.05) is 25.1 Å². The average molecular weight is 450 g/mol. The number of carbonyl (C=O) groups is 1. The molecule has 33 heavy (non-hydrogen) atoms. The summed E-state index contributed by atoms with van der Waals surface area (Å²) in [5.41, 5.74) is 5.59. The fourth-order valence-electron chi connectivity index (χ4n) is 4.76. The number of hydrogen-bond donors (Lipinski definition) is 2. The second-order valence-electron chi connectivity index (χ2n) is 8.57. The van der Waals surface area contributed by atoms with Gasteiger partial charge in [0.2, 0.25) is 0 Å². The van der Waals surface area contributed by atoms with E-state index in [0.717, 1.165) is 79.0 Å². The molecule has 4 heterocycles. The standard InChI is InChI=1S/C25H31N5O3/c1-3-21-19(14-26-25(31)18-7-5-6-16-8-13-33-23(16)18)22(28-17-9-11-32-12-10-17)20-15-27-30(4-2)24(20)29-21/h5-7,15,17H,3-4,8-14H2,1-2H3,(H,26,31)(H,28,29). The summed E-state index contributed by atoms with van der Waals surface area (Å²) in [5.74, 6) is 0.584. The molecule has 2 N–H and O–H groups in total. The second-order valence-corrected chi connectivity index (χ2v) is 8.57. The Bertz CT molecular complexity index is 1170. The molecule has 0 atom stereocenters. The van der Waals surface area contributed by atoms with Gasteiger partial charge in [0.15, 0.2) is 5.65 Å². The first-order valence-corrected chi connectivity index (χ1v) is 11.9. The lowest BCUT2D eigenvalue weighted by Gasteiger charge is -2.26. The molecule has 8 nitrogen and oxygen atoms in total. The number of rotatable bonds is 7.